The van der Waals surface area contributed by atoms with E-state index in [0.29, 0.717) is 49.2 Å². The van der Waals surface area contributed by atoms with Gasteiger partial charge < -0.3 is 20.1 Å². The second-order valence-electron chi connectivity index (χ2n) is 12.3. The van der Waals surface area contributed by atoms with Crippen molar-refractivity contribution in [1.82, 2.24) is 5.32 Å². The van der Waals surface area contributed by atoms with Gasteiger partial charge in [-0.15, -0.1) is 0 Å². The lowest BCUT2D eigenvalue weighted by molar-refractivity contribution is -0.141. The average molecular weight is 663 g/mol. The molecule has 0 aliphatic heterocycles. The number of ketones is 1. The predicted molar refractivity (Wildman–Crippen MR) is 196 cm³/mol. The summed E-state index contributed by atoms with van der Waals surface area (Å²) in [5.74, 6) is 0.277. The first-order chi connectivity index (χ1) is 24.0. The van der Waals surface area contributed by atoms with E-state index in [-0.39, 0.29) is 11.7 Å². The Hall–Kier alpha value is -4.91. The number of benzene rings is 4. The molecule has 0 radical (unpaired) electrons. The number of amides is 1. The lowest BCUT2D eigenvalue weighted by Gasteiger charge is -2.20. The van der Waals surface area contributed by atoms with Gasteiger partial charge in [-0.3, -0.25) is 9.59 Å². The Balaban J connectivity index is 1.10. The van der Waals surface area contributed by atoms with Gasteiger partial charge in [-0.2, -0.15) is 0 Å². The maximum absolute atomic E-state index is 13.2. The van der Waals surface area contributed by atoms with Gasteiger partial charge in [-0.1, -0.05) is 117 Å². The molecule has 7 nitrogen and oxygen atoms in total. The molecule has 1 atom stereocenters. The molecule has 0 spiro atoms. The molecule has 2 N–H and O–H groups in total. The first-order valence-corrected chi connectivity index (χ1v) is 17.6. The van der Waals surface area contributed by atoms with Gasteiger partial charge in [0.1, 0.15) is 11.8 Å². The number of esters is 1. The van der Waals surface area contributed by atoms with Crippen LogP contribution >= 0.6 is 0 Å². The number of anilines is 1. The van der Waals surface area contributed by atoms with Crippen molar-refractivity contribution in [3.05, 3.63) is 131 Å². The van der Waals surface area contributed by atoms with E-state index in [9.17, 15) is 14.4 Å². The Morgan fingerprint density at radius 2 is 1.29 bits per heavy atom. The molecule has 258 valence electrons. The maximum atomic E-state index is 13.2. The molecular weight excluding hydrogens is 612 g/mol. The van der Waals surface area contributed by atoms with Crippen molar-refractivity contribution < 1.29 is 23.9 Å². The number of hydrogen-bond donors (Lipinski definition) is 2. The van der Waals surface area contributed by atoms with E-state index in [1.165, 1.54) is 44.8 Å². The van der Waals surface area contributed by atoms with E-state index in [4.69, 9.17) is 9.47 Å². The van der Waals surface area contributed by atoms with Gasteiger partial charge in [0.15, 0.2) is 5.78 Å². The zero-order valence-corrected chi connectivity index (χ0v) is 28.7. The smallest absolute Gasteiger partial charge is 0.328 e. The van der Waals surface area contributed by atoms with Crippen LogP contribution in [0.1, 0.15) is 84.8 Å². The van der Waals surface area contributed by atoms with Crippen LogP contribution in [0.5, 0.6) is 5.75 Å². The third kappa shape index (κ3) is 13.3. The SMILES string of the molecule is COC(=O)[C@H](Cc1ccc(OCCCNC(=O)CCCCCCCCCc2ccccc2)cc1)Nc1ccccc1C(=O)c1ccccc1. The Morgan fingerprint density at radius 1 is 0.653 bits per heavy atom. The molecule has 0 aliphatic rings. The van der Waals surface area contributed by atoms with Gasteiger partial charge >= 0.3 is 5.97 Å². The first-order valence-electron chi connectivity index (χ1n) is 17.6. The molecule has 0 saturated heterocycles. The quantitative estimate of drug-likeness (QED) is 0.0499. The van der Waals surface area contributed by atoms with E-state index in [0.717, 1.165) is 30.6 Å². The van der Waals surface area contributed by atoms with Gasteiger partial charge in [0.25, 0.3) is 0 Å². The van der Waals surface area contributed by atoms with E-state index >= 15 is 0 Å². The fraction of sp³-hybridized carbons (Fsp3) is 0.357. The Kier molecular flexibility index (Phi) is 15.9. The molecule has 4 aromatic rings. The van der Waals surface area contributed by atoms with Gasteiger partial charge in [0, 0.05) is 36.2 Å². The summed E-state index contributed by atoms with van der Waals surface area (Å²) in [6.07, 6.45) is 11.1. The molecule has 4 rings (SSSR count). The van der Waals surface area contributed by atoms with Crippen LogP contribution in [0.15, 0.2) is 109 Å². The molecule has 0 bridgehead atoms. The molecule has 0 aromatic heterocycles. The number of nitrogens with one attached hydrogen (secondary N) is 2. The number of para-hydroxylation sites is 1. The number of ether oxygens (including phenoxy) is 2. The van der Waals surface area contributed by atoms with Crippen molar-refractivity contribution in [2.45, 2.75) is 76.7 Å². The highest BCUT2D eigenvalue weighted by Crippen LogP contribution is 2.22. The van der Waals surface area contributed by atoms with Crippen LogP contribution in [-0.4, -0.2) is 44.0 Å². The minimum atomic E-state index is -0.694. The molecule has 0 fully saturated rings. The standard InChI is InChI=1S/C42H50N2O5/c1-48-42(47)39(44-38-24-16-15-23-37(38)41(46)35-21-12-8-13-22-35)32-34-26-28-36(29-27-34)49-31-17-30-43-40(45)25-14-6-4-2-3-5-9-18-33-19-10-7-11-20-33/h7-8,10-13,15-16,19-24,26-29,39,44H,2-6,9,14,17-18,25,30-32H2,1H3,(H,43,45)/t39-/m0/s1. The van der Waals surface area contributed by atoms with Crippen molar-refractivity contribution in [2.24, 2.45) is 0 Å². The van der Waals surface area contributed by atoms with E-state index in [2.05, 4.69) is 41.0 Å². The summed E-state index contributed by atoms with van der Waals surface area (Å²) in [5, 5.41) is 6.24. The zero-order valence-electron chi connectivity index (χ0n) is 28.7. The third-order valence-electron chi connectivity index (χ3n) is 8.51. The fourth-order valence-corrected chi connectivity index (χ4v) is 5.75. The van der Waals surface area contributed by atoms with Crippen LogP contribution in [0.2, 0.25) is 0 Å². The molecule has 0 unspecified atom stereocenters. The second kappa shape index (κ2) is 21.1. The van der Waals surface area contributed by atoms with Crippen molar-refractivity contribution in [1.29, 1.82) is 0 Å². The Morgan fingerprint density at radius 3 is 2.00 bits per heavy atom. The first kappa shape index (κ1) is 36.9. The second-order valence-corrected chi connectivity index (χ2v) is 12.3. The summed E-state index contributed by atoms with van der Waals surface area (Å²) >= 11 is 0. The molecule has 0 heterocycles. The highest BCUT2D eigenvalue weighted by atomic mass is 16.5. The minimum absolute atomic E-state index is 0.105. The highest BCUT2D eigenvalue weighted by molar-refractivity contribution is 6.12. The number of hydrogen-bond acceptors (Lipinski definition) is 6. The van der Waals surface area contributed by atoms with Crippen molar-refractivity contribution in [3.8, 4) is 5.75 Å². The Bertz CT molecular complexity index is 1560. The fourth-order valence-electron chi connectivity index (χ4n) is 5.75. The van der Waals surface area contributed by atoms with Crippen molar-refractivity contribution in [3.63, 3.8) is 0 Å². The summed E-state index contributed by atoms with van der Waals surface area (Å²) in [6.45, 7) is 1.07. The number of methoxy groups -OCH3 is 1. The van der Waals surface area contributed by atoms with Crippen molar-refractivity contribution >= 4 is 23.3 Å². The summed E-state index contributed by atoms with van der Waals surface area (Å²) in [7, 11) is 1.36. The lowest BCUT2D eigenvalue weighted by Crippen LogP contribution is -2.33. The van der Waals surface area contributed by atoms with Gasteiger partial charge in [-0.05, 0) is 61.1 Å². The van der Waals surface area contributed by atoms with Crippen LogP contribution in [0.3, 0.4) is 0 Å². The molecular formula is C42H50N2O5. The van der Waals surface area contributed by atoms with Crippen LogP contribution < -0.4 is 15.4 Å². The molecule has 1 amide bonds. The number of unbranched alkanes of at least 4 members (excludes halogenated alkanes) is 6. The van der Waals surface area contributed by atoms with Gasteiger partial charge in [-0.25, -0.2) is 4.79 Å². The van der Waals surface area contributed by atoms with Gasteiger partial charge in [0.05, 0.1) is 13.7 Å². The molecule has 0 aliphatic carbocycles. The number of carbonyl (C=O) groups is 3. The van der Waals surface area contributed by atoms with Crippen LogP contribution in [0.25, 0.3) is 0 Å². The predicted octanol–water partition coefficient (Wildman–Crippen LogP) is 8.36. The van der Waals surface area contributed by atoms with Crippen LogP contribution in [-0.2, 0) is 27.2 Å². The van der Waals surface area contributed by atoms with E-state index in [1.54, 1.807) is 30.3 Å². The minimum Gasteiger partial charge on any atom is -0.494 e. The highest BCUT2D eigenvalue weighted by Gasteiger charge is 2.22. The number of carbonyl (C=O) groups excluding carboxylic acids is 3. The largest absolute Gasteiger partial charge is 0.494 e. The summed E-state index contributed by atoms with van der Waals surface area (Å²) in [5.41, 5.74) is 3.96. The average Bonchev–Trinajstić information content (AvgIpc) is 3.14. The lowest BCUT2D eigenvalue weighted by atomic mass is 10.00. The topological polar surface area (TPSA) is 93.7 Å². The van der Waals surface area contributed by atoms with Crippen molar-refractivity contribution in [2.75, 3.05) is 25.6 Å². The van der Waals surface area contributed by atoms with Crippen LogP contribution in [0, 0.1) is 0 Å². The monoisotopic (exact) mass is 662 g/mol. The molecule has 0 saturated carbocycles. The summed E-state index contributed by atoms with van der Waals surface area (Å²) in [4.78, 5) is 38.1. The van der Waals surface area contributed by atoms with E-state index < -0.39 is 12.0 Å². The van der Waals surface area contributed by atoms with E-state index in [1.807, 2.05) is 48.5 Å². The molecule has 4 aromatic carbocycles. The zero-order chi connectivity index (χ0) is 34.5. The molecule has 49 heavy (non-hydrogen) atoms. The maximum Gasteiger partial charge on any atom is 0.328 e. The normalized spacial score (nSPS) is 11.4. The molecule has 7 heteroatoms. The number of rotatable bonds is 22. The van der Waals surface area contributed by atoms with Gasteiger partial charge in [0.2, 0.25) is 5.91 Å². The summed E-state index contributed by atoms with van der Waals surface area (Å²) < 4.78 is 11.0. The van der Waals surface area contributed by atoms with Crippen LogP contribution in [0.4, 0.5) is 5.69 Å². The summed E-state index contributed by atoms with van der Waals surface area (Å²) in [6, 6.07) is 33.8. The third-order valence-corrected chi connectivity index (χ3v) is 8.51. The Labute approximate surface area is 291 Å². The number of aryl methyl sites for hydroxylation is 1.